The molecule has 1 amide bonds. The number of nitrogens with one attached hydrogen (secondary N) is 2. The Kier molecular flexibility index (Phi) is 7.00. The highest BCUT2D eigenvalue weighted by Gasteiger charge is 2.30. The molecule has 0 spiro atoms. The van der Waals surface area contributed by atoms with Crippen molar-refractivity contribution in [2.75, 3.05) is 23.3 Å². The van der Waals surface area contributed by atoms with E-state index in [-0.39, 0.29) is 18.4 Å². The zero-order valence-electron chi connectivity index (χ0n) is 18.8. The fourth-order valence-electron chi connectivity index (χ4n) is 3.87. The summed E-state index contributed by atoms with van der Waals surface area (Å²) in [5.74, 6) is 0.846. The first-order valence-corrected chi connectivity index (χ1v) is 11.1. The van der Waals surface area contributed by atoms with Gasteiger partial charge in [-0.15, -0.1) is 0 Å². The molecule has 3 aromatic rings. The van der Waals surface area contributed by atoms with Crippen LogP contribution in [0.25, 0.3) is 0 Å². The van der Waals surface area contributed by atoms with Gasteiger partial charge in [0.25, 0.3) is 0 Å². The lowest BCUT2D eigenvalue weighted by Crippen LogP contribution is -2.43. The molecule has 6 nitrogen and oxygen atoms in total. The second kappa shape index (κ2) is 10.1. The Labute approximate surface area is 196 Å². The van der Waals surface area contributed by atoms with Gasteiger partial charge in [0.15, 0.2) is 0 Å². The van der Waals surface area contributed by atoms with Crippen molar-refractivity contribution in [3.8, 4) is 0 Å². The third-order valence-electron chi connectivity index (χ3n) is 5.79. The molecule has 4 rings (SSSR count). The molecule has 0 aliphatic carbocycles. The summed E-state index contributed by atoms with van der Waals surface area (Å²) in [5, 5.41) is 6.12. The number of alkyl halides is 3. The first-order chi connectivity index (χ1) is 16.3. The topological polar surface area (TPSA) is 70.2 Å². The van der Waals surface area contributed by atoms with Gasteiger partial charge in [-0.2, -0.15) is 18.2 Å². The number of anilines is 3. The van der Waals surface area contributed by atoms with Gasteiger partial charge in [0, 0.05) is 31.5 Å². The normalized spacial score (nSPS) is 16.2. The maximum Gasteiger partial charge on any atom is 0.416 e. The van der Waals surface area contributed by atoms with Gasteiger partial charge in [-0.05, 0) is 55.7 Å². The lowest BCUT2D eigenvalue weighted by Gasteiger charge is -2.32. The average Bonchev–Trinajstić information content (AvgIpc) is 2.84. The Morgan fingerprint density at radius 1 is 1.09 bits per heavy atom. The van der Waals surface area contributed by atoms with Crippen LogP contribution >= 0.6 is 0 Å². The van der Waals surface area contributed by atoms with E-state index >= 15 is 0 Å². The lowest BCUT2D eigenvalue weighted by atomic mass is 9.97. The van der Waals surface area contributed by atoms with Crippen LogP contribution in [0.2, 0.25) is 0 Å². The third-order valence-corrected chi connectivity index (χ3v) is 5.79. The van der Waals surface area contributed by atoms with E-state index < -0.39 is 11.7 Å². The predicted molar refractivity (Wildman–Crippen MR) is 125 cm³/mol. The van der Waals surface area contributed by atoms with Crippen molar-refractivity contribution in [2.45, 2.75) is 32.5 Å². The number of benzene rings is 2. The molecule has 9 heteroatoms. The minimum atomic E-state index is -4.37. The quantitative estimate of drug-likeness (QED) is 0.527. The van der Waals surface area contributed by atoms with Gasteiger partial charge in [0.2, 0.25) is 11.9 Å². The number of rotatable bonds is 6. The van der Waals surface area contributed by atoms with Crippen molar-refractivity contribution < 1.29 is 18.0 Å². The molecule has 0 saturated carbocycles. The number of halogens is 3. The van der Waals surface area contributed by atoms with Crippen molar-refractivity contribution in [1.29, 1.82) is 0 Å². The summed E-state index contributed by atoms with van der Waals surface area (Å²) in [7, 11) is 0. The van der Waals surface area contributed by atoms with Crippen LogP contribution in [-0.2, 0) is 17.5 Å². The summed E-state index contributed by atoms with van der Waals surface area (Å²) >= 11 is 0. The number of carbonyl (C=O) groups is 1. The largest absolute Gasteiger partial charge is 0.416 e. The van der Waals surface area contributed by atoms with Crippen LogP contribution in [0.1, 0.15) is 29.5 Å². The van der Waals surface area contributed by atoms with Gasteiger partial charge in [-0.1, -0.05) is 29.8 Å². The van der Waals surface area contributed by atoms with E-state index in [2.05, 4.69) is 20.6 Å². The van der Waals surface area contributed by atoms with E-state index in [0.29, 0.717) is 23.9 Å². The number of aromatic nitrogens is 2. The van der Waals surface area contributed by atoms with E-state index in [0.717, 1.165) is 37.2 Å². The molecule has 0 bridgehead atoms. The Morgan fingerprint density at radius 3 is 2.53 bits per heavy atom. The zero-order chi connectivity index (χ0) is 24.1. The van der Waals surface area contributed by atoms with Gasteiger partial charge in [0.1, 0.15) is 5.82 Å². The number of aryl methyl sites for hydroxylation is 1. The average molecular weight is 470 g/mol. The number of carbonyl (C=O) groups excluding carboxylic acids is 1. The van der Waals surface area contributed by atoms with E-state index in [9.17, 15) is 18.0 Å². The summed E-state index contributed by atoms with van der Waals surface area (Å²) in [6.07, 6.45) is -1.14. The van der Waals surface area contributed by atoms with Crippen molar-refractivity contribution in [3.63, 3.8) is 0 Å². The summed E-state index contributed by atoms with van der Waals surface area (Å²) in [6.45, 7) is 3.43. The summed E-state index contributed by atoms with van der Waals surface area (Å²) in [6, 6.07) is 14.6. The fourth-order valence-corrected chi connectivity index (χ4v) is 3.87. The van der Waals surface area contributed by atoms with E-state index in [1.807, 2.05) is 36.1 Å². The minimum absolute atomic E-state index is 0.126. The first kappa shape index (κ1) is 23.5. The molecule has 1 atom stereocenters. The highest BCUT2D eigenvalue weighted by atomic mass is 19.4. The van der Waals surface area contributed by atoms with Crippen LogP contribution in [0.15, 0.2) is 60.8 Å². The first-order valence-electron chi connectivity index (χ1n) is 11.1. The van der Waals surface area contributed by atoms with Gasteiger partial charge >= 0.3 is 6.18 Å². The Hall–Kier alpha value is -3.62. The molecule has 1 aromatic heterocycles. The van der Waals surface area contributed by atoms with Gasteiger partial charge in [-0.3, -0.25) is 4.79 Å². The molecule has 1 saturated heterocycles. The van der Waals surface area contributed by atoms with Crippen LogP contribution in [0, 0.1) is 12.8 Å². The summed E-state index contributed by atoms with van der Waals surface area (Å²) < 4.78 is 38.1. The number of nitrogens with zero attached hydrogens (tertiary/aromatic N) is 3. The van der Waals surface area contributed by atoms with Crippen molar-refractivity contribution in [1.82, 2.24) is 15.3 Å². The summed E-state index contributed by atoms with van der Waals surface area (Å²) in [4.78, 5) is 23.7. The van der Waals surface area contributed by atoms with E-state index in [1.54, 1.807) is 12.3 Å². The van der Waals surface area contributed by atoms with Crippen LogP contribution in [-0.4, -0.2) is 29.0 Å². The van der Waals surface area contributed by atoms with Crippen molar-refractivity contribution >= 4 is 23.4 Å². The predicted octanol–water partition coefficient (Wildman–Crippen LogP) is 5.08. The molecular weight excluding hydrogens is 443 g/mol. The zero-order valence-corrected chi connectivity index (χ0v) is 18.8. The monoisotopic (exact) mass is 469 g/mol. The minimum Gasteiger partial charge on any atom is -0.352 e. The number of hydrogen-bond acceptors (Lipinski definition) is 5. The van der Waals surface area contributed by atoms with Crippen molar-refractivity contribution in [2.24, 2.45) is 5.92 Å². The third kappa shape index (κ3) is 6.03. The molecule has 1 unspecified atom stereocenters. The van der Waals surface area contributed by atoms with Crippen LogP contribution in [0.3, 0.4) is 0 Å². The van der Waals surface area contributed by atoms with Crippen LogP contribution in [0.5, 0.6) is 0 Å². The highest BCUT2D eigenvalue weighted by molar-refractivity contribution is 5.79. The highest BCUT2D eigenvalue weighted by Crippen LogP contribution is 2.29. The van der Waals surface area contributed by atoms with Gasteiger partial charge in [0.05, 0.1) is 11.5 Å². The summed E-state index contributed by atoms with van der Waals surface area (Å²) in [5.41, 5.74) is 2.01. The molecule has 1 fully saturated rings. The van der Waals surface area contributed by atoms with Gasteiger partial charge in [-0.25, -0.2) is 4.98 Å². The molecule has 34 heavy (non-hydrogen) atoms. The molecule has 1 aliphatic heterocycles. The molecule has 2 N–H and O–H groups in total. The van der Waals surface area contributed by atoms with Crippen LogP contribution in [0.4, 0.5) is 30.6 Å². The fraction of sp³-hybridized carbons (Fsp3) is 0.320. The standard InChI is InChI=1S/C25H26F3N5O/c1-17-4-10-21(11-5-17)31-22-12-13-29-24(32-22)33-14-2-3-19(16-33)23(34)30-15-18-6-8-20(9-7-18)25(26,27)28/h4-13,19H,2-3,14-16H2,1H3,(H,30,34)(H,29,31,32). The second-order valence-electron chi connectivity index (χ2n) is 8.43. The SMILES string of the molecule is Cc1ccc(Nc2ccnc(N3CCCC(C(=O)NCc4ccc(C(F)(F)F)cc4)C3)n2)cc1. The lowest BCUT2D eigenvalue weighted by molar-refractivity contribution is -0.137. The smallest absolute Gasteiger partial charge is 0.352 e. The Bertz CT molecular complexity index is 1120. The number of hydrogen-bond donors (Lipinski definition) is 2. The molecular formula is C25H26F3N5O. The van der Waals surface area contributed by atoms with Gasteiger partial charge < -0.3 is 15.5 Å². The van der Waals surface area contributed by atoms with E-state index in [4.69, 9.17) is 0 Å². The molecule has 0 radical (unpaired) electrons. The number of piperidine rings is 1. The maximum absolute atomic E-state index is 12.7. The maximum atomic E-state index is 12.7. The molecule has 1 aliphatic rings. The molecule has 2 heterocycles. The molecule has 178 valence electrons. The Balaban J connectivity index is 1.34. The van der Waals surface area contributed by atoms with Crippen LogP contribution < -0.4 is 15.5 Å². The van der Waals surface area contributed by atoms with E-state index in [1.165, 1.54) is 17.7 Å². The second-order valence-corrected chi connectivity index (χ2v) is 8.43. The van der Waals surface area contributed by atoms with Crippen molar-refractivity contribution in [3.05, 3.63) is 77.5 Å². The molecule has 2 aromatic carbocycles. The Morgan fingerprint density at radius 2 is 1.82 bits per heavy atom. The number of amides is 1.